The Bertz CT molecular complexity index is 794. The van der Waals surface area contributed by atoms with Crippen LogP contribution in [0.1, 0.15) is 57.9 Å². The Labute approximate surface area is 166 Å². The average molecular weight is 386 g/mol. The predicted molar refractivity (Wildman–Crippen MR) is 113 cm³/mol. The average Bonchev–Trinajstić information content (AvgIpc) is 3.13. The van der Waals surface area contributed by atoms with E-state index in [0.29, 0.717) is 12.0 Å². The summed E-state index contributed by atoms with van der Waals surface area (Å²) in [6.07, 6.45) is 7.90. The third kappa shape index (κ3) is 4.13. The third-order valence-corrected chi connectivity index (χ3v) is 7.50. The molecule has 1 N–H and O–H groups in total. The van der Waals surface area contributed by atoms with Gasteiger partial charge in [-0.15, -0.1) is 0 Å². The first-order chi connectivity index (χ1) is 13.1. The first-order valence-corrected chi connectivity index (χ1v) is 11.4. The molecule has 2 heterocycles. The minimum atomic E-state index is 0.163. The Morgan fingerprint density at radius 1 is 1.22 bits per heavy atom. The highest BCUT2D eigenvalue weighted by Gasteiger charge is 2.29. The topological polar surface area (TPSA) is 45.2 Å². The normalized spacial score (nSPS) is 24.3. The van der Waals surface area contributed by atoms with Gasteiger partial charge in [0.05, 0.1) is 10.2 Å². The van der Waals surface area contributed by atoms with Crippen LogP contribution in [0.15, 0.2) is 18.2 Å². The van der Waals surface area contributed by atoms with Crippen LogP contribution in [0.2, 0.25) is 0 Å². The van der Waals surface area contributed by atoms with E-state index in [0.717, 1.165) is 49.4 Å². The number of piperidine rings is 1. The van der Waals surface area contributed by atoms with Crippen molar-refractivity contribution in [3.05, 3.63) is 23.8 Å². The van der Waals surface area contributed by atoms with Gasteiger partial charge in [0.25, 0.3) is 0 Å². The molecule has 5 heteroatoms. The summed E-state index contributed by atoms with van der Waals surface area (Å²) < 4.78 is 1.27. The minimum Gasteiger partial charge on any atom is -0.353 e. The summed E-state index contributed by atoms with van der Waals surface area (Å²) in [7, 11) is 0. The number of aromatic nitrogens is 1. The van der Waals surface area contributed by atoms with E-state index in [1.165, 1.54) is 29.5 Å². The van der Waals surface area contributed by atoms with Crippen LogP contribution in [0.4, 0.5) is 5.13 Å². The molecule has 27 heavy (non-hydrogen) atoms. The van der Waals surface area contributed by atoms with Crippen LogP contribution in [-0.2, 0) is 11.2 Å². The second-order valence-corrected chi connectivity index (χ2v) is 9.30. The van der Waals surface area contributed by atoms with E-state index in [9.17, 15) is 4.79 Å². The van der Waals surface area contributed by atoms with Gasteiger partial charge in [0.15, 0.2) is 5.13 Å². The highest BCUT2D eigenvalue weighted by molar-refractivity contribution is 7.22. The van der Waals surface area contributed by atoms with E-state index >= 15 is 0 Å². The van der Waals surface area contributed by atoms with Gasteiger partial charge in [0.2, 0.25) is 5.91 Å². The molecule has 0 bridgehead atoms. The molecule has 1 aliphatic heterocycles. The predicted octanol–water partition coefficient (Wildman–Crippen LogP) is 4.77. The number of hydrogen-bond acceptors (Lipinski definition) is 4. The zero-order chi connectivity index (χ0) is 18.8. The molecule has 146 valence electrons. The van der Waals surface area contributed by atoms with Crippen molar-refractivity contribution in [1.82, 2.24) is 10.3 Å². The van der Waals surface area contributed by atoms with Crippen LogP contribution in [0.25, 0.3) is 10.2 Å². The van der Waals surface area contributed by atoms with Crippen molar-refractivity contribution in [2.45, 2.75) is 64.8 Å². The molecule has 0 spiro atoms. The van der Waals surface area contributed by atoms with Crippen molar-refractivity contribution >= 4 is 32.6 Å². The van der Waals surface area contributed by atoms with E-state index in [4.69, 9.17) is 4.98 Å². The highest BCUT2D eigenvalue weighted by Crippen LogP contribution is 2.32. The lowest BCUT2D eigenvalue weighted by Gasteiger charge is -2.34. The zero-order valence-corrected chi connectivity index (χ0v) is 17.4. The quantitative estimate of drug-likeness (QED) is 0.824. The SMILES string of the molecule is CCc1ccc2nc(N3CCC(C(=O)N[C@@H]4CCCC[C@@H]4C)CC3)sc2c1. The van der Waals surface area contributed by atoms with Crippen LogP contribution in [0.5, 0.6) is 0 Å². The second kappa shape index (κ2) is 8.17. The number of benzene rings is 1. The maximum absolute atomic E-state index is 12.7. The number of nitrogens with zero attached hydrogens (tertiary/aromatic N) is 2. The Hall–Kier alpha value is -1.62. The molecule has 2 aliphatic rings. The zero-order valence-electron chi connectivity index (χ0n) is 16.5. The number of amides is 1. The fourth-order valence-corrected chi connectivity index (χ4v) is 5.56. The molecule has 2 aromatic rings. The molecule has 0 unspecified atom stereocenters. The van der Waals surface area contributed by atoms with Crippen LogP contribution >= 0.6 is 11.3 Å². The number of carbonyl (C=O) groups excluding carboxylic acids is 1. The molecule has 4 nitrogen and oxygen atoms in total. The molecule has 1 amide bonds. The Kier molecular flexibility index (Phi) is 5.67. The highest BCUT2D eigenvalue weighted by atomic mass is 32.1. The lowest BCUT2D eigenvalue weighted by Crippen LogP contribution is -2.46. The molecule has 1 saturated heterocycles. The molecular formula is C22H31N3OS. The van der Waals surface area contributed by atoms with E-state index in [-0.39, 0.29) is 11.8 Å². The Morgan fingerprint density at radius 3 is 2.74 bits per heavy atom. The molecule has 1 aliphatic carbocycles. The molecule has 1 aromatic heterocycles. The van der Waals surface area contributed by atoms with E-state index in [1.54, 1.807) is 11.3 Å². The summed E-state index contributed by atoms with van der Waals surface area (Å²) in [5, 5.41) is 4.47. The fourth-order valence-electron chi connectivity index (χ4n) is 4.48. The van der Waals surface area contributed by atoms with Crippen molar-refractivity contribution < 1.29 is 4.79 Å². The van der Waals surface area contributed by atoms with Crippen molar-refractivity contribution in [3.63, 3.8) is 0 Å². The number of aryl methyl sites for hydroxylation is 1. The standard InChI is InChI=1S/C22H31N3OS/c1-3-16-8-9-19-20(14-16)27-22(24-19)25-12-10-17(11-13-25)21(26)23-18-7-5-4-6-15(18)2/h8-9,14-15,17-18H,3-7,10-13H2,1-2H3,(H,23,26)/t15-,18+/m0/s1. The molecule has 4 rings (SSSR count). The van der Waals surface area contributed by atoms with Gasteiger partial charge in [-0.25, -0.2) is 4.98 Å². The second-order valence-electron chi connectivity index (χ2n) is 8.29. The van der Waals surface area contributed by atoms with Crippen molar-refractivity contribution in [3.8, 4) is 0 Å². The summed E-state index contributed by atoms with van der Waals surface area (Å²) in [6.45, 7) is 6.33. The van der Waals surface area contributed by atoms with Gasteiger partial charge < -0.3 is 10.2 Å². The number of hydrogen-bond donors (Lipinski definition) is 1. The smallest absolute Gasteiger partial charge is 0.223 e. The van der Waals surface area contributed by atoms with Crippen molar-refractivity contribution in [1.29, 1.82) is 0 Å². The van der Waals surface area contributed by atoms with Gasteiger partial charge in [-0.1, -0.05) is 44.1 Å². The van der Waals surface area contributed by atoms with Gasteiger partial charge in [0, 0.05) is 25.0 Å². The summed E-state index contributed by atoms with van der Waals surface area (Å²) in [5.41, 5.74) is 2.46. The van der Waals surface area contributed by atoms with E-state index in [1.807, 2.05) is 0 Å². The lowest BCUT2D eigenvalue weighted by atomic mass is 9.85. The number of nitrogens with one attached hydrogen (secondary N) is 1. The Morgan fingerprint density at radius 2 is 2.00 bits per heavy atom. The van der Waals surface area contributed by atoms with Gasteiger partial charge in [-0.2, -0.15) is 0 Å². The Balaban J connectivity index is 1.35. The third-order valence-electron chi connectivity index (χ3n) is 6.43. The summed E-state index contributed by atoms with van der Waals surface area (Å²) in [6, 6.07) is 6.97. The molecule has 1 saturated carbocycles. The van der Waals surface area contributed by atoms with Gasteiger partial charge in [-0.05, 0) is 55.7 Å². The minimum absolute atomic E-state index is 0.163. The first-order valence-electron chi connectivity index (χ1n) is 10.6. The lowest BCUT2D eigenvalue weighted by molar-refractivity contribution is -0.126. The van der Waals surface area contributed by atoms with E-state index < -0.39 is 0 Å². The number of fused-ring (bicyclic) bond motifs is 1. The molecular weight excluding hydrogens is 354 g/mol. The largest absolute Gasteiger partial charge is 0.353 e. The van der Waals surface area contributed by atoms with Crippen LogP contribution in [0, 0.1) is 11.8 Å². The van der Waals surface area contributed by atoms with Crippen LogP contribution < -0.4 is 10.2 Å². The van der Waals surface area contributed by atoms with Crippen LogP contribution in [0.3, 0.4) is 0 Å². The first kappa shape index (κ1) is 18.7. The number of carbonyl (C=O) groups is 1. The monoisotopic (exact) mass is 385 g/mol. The number of thiazole rings is 1. The summed E-state index contributed by atoms with van der Waals surface area (Å²) in [4.78, 5) is 19.9. The van der Waals surface area contributed by atoms with Crippen LogP contribution in [-0.4, -0.2) is 30.0 Å². The molecule has 1 aromatic carbocycles. The maximum atomic E-state index is 12.7. The number of rotatable bonds is 4. The fraction of sp³-hybridized carbons (Fsp3) is 0.636. The summed E-state index contributed by atoms with van der Waals surface area (Å²) >= 11 is 1.79. The van der Waals surface area contributed by atoms with E-state index in [2.05, 4.69) is 42.3 Å². The maximum Gasteiger partial charge on any atom is 0.223 e. The molecule has 0 radical (unpaired) electrons. The number of anilines is 1. The van der Waals surface area contributed by atoms with Gasteiger partial charge >= 0.3 is 0 Å². The summed E-state index contributed by atoms with van der Waals surface area (Å²) in [5.74, 6) is 1.07. The van der Waals surface area contributed by atoms with Crippen molar-refractivity contribution in [2.75, 3.05) is 18.0 Å². The molecule has 2 atom stereocenters. The van der Waals surface area contributed by atoms with Gasteiger partial charge in [0.1, 0.15) is 0 Å². The van der Waals surface area contributed by atoms with Crippen molar-refractivity contribution in [2.24, 2.45) is 11.8 Å². The van der Waals surface area contributed by atoms with Gasteiger partial charge in [-0.3, -0.25) is 4.79 Å². The molecule has 2 fully saturated rings.